The number of benzene rings is 2. The smallest absolute Gasteiger partial charge is 0.308 e. The van der Waals surface area contributed by atoms with Crippen molar-refractivity contribution < 1.29 is 9.18 Å². The van der Waals surface area contributed by atoms with Crippen LogP contribution in [-0.4, -0.2) is 23.2 Å². The lowest BCUT2D eigenvalue weighted by atomic mass is 10.2. The van der Waals surface area contributed by atoms with E-state index in [4.69, 9.17) is 0 Å². The van der Waals surface area contributed by atoms with Crippen molar-refractivity contribution in [1.82, 2.24) is 4.90 Å². The first-order chi connectivity index (χ1) is 10.6. The largest absolute Gasteiger partial charge is 0.323 e. The highest BCUT2D eigenvalue weighted by atomic mass is 79.9. The summed E-state index contributed by atoms with van der Waals surface area (Å²) in [6, 6.07) is 13.6. The van der Waals surface area contributed by atoms with Crippen molar-refractivity contribution in [3.05, 3.63) is 64.4 Å². The van der Waals surface area contributed by atoms with E-state index in [1.54, 1.807) is 28.8 Å². The fraction of sp³-hybridized carbons (Fsp3) is 0.188. The van der Waals surface area contributed by atoms with Crippen molar-refractivity contribution in [2.24, 2.45) is 0 Å². The minimum absolute atomic E-state index is 0.0731. The molecule has 3 nitrogen and oxygen atoms in total. The van der Waals surface area contributed by atoms with Crippen LogP contribution in [0, 0.1) is 5.82 Å². The van der Waals surface area contributed by atoms with Crippen LogP contribution in [0.15, 0.2) is 53.0 Å². The van der Waals surface area contributed by atoms with Gasteiger partial charge >= 0.3 is 6.03 Å². The van der Waals surface area contributed by atoms with Gasteiger partial charge in [0, 0.05) is 22.5 Å². The van der Waals surface area contributed by atoms with Crippen LogP contribution in [0.5, 0.6) is 0 Å². The van der Waals surface area contributed by atoms with Gasteiger partial charge in [0.15, 0.2) is 0 Å². The summed E-state index contributed by atoms with van der Waals surface area (Å²) in [6.45, 7) is 0.676. The van der Waals surface area contributed by atoms with Crippen molar-refractivity contribution >= 4 is 39.4 Å². The number of nitrogens with one attached hydrogen (secondary N) is 1. The van der Waals surface area contributed by atoms with Crippen LogP contribution in [0.3, 0.4) is 0 Å². The van der Waals surface area contributed by atoms with Crippen molar-refractivity contribution in [1.29, 1.82) is 0 Å². The fourth-order valence-corrected chi connectivity index (χ4v) is 3.83. The van der Waals surface area contributed by atoms with Crippen LogP contribution >= 0.6 is 27.7 Å². The van der Waals surface area contributed by atoms with Crippen LogP contribution < -0.4 is 5.32 Å². The summed E-state index contributed by atoms with van der Waals surface area (Å²) in [5, 5.41) is 2.83. The number of anilines is 1. The summed E-state index contributed by atoms with van der Waals surface area (Å²) >= 11 is 5.05. The first kappa shape index (κ1) is 15.4. The van der Waals surface area contributed by atoms with E-state index in [2.05, 4.69) is 21.2 Å². The van der Waals surface area contributed by atoms with E-state index in [-0.39, 0.29) is 17.2 Å². The third-order valence-electron chi connectivity index (χ3n) is 3.40. The van der Waals surface area contributed by atoms with E-state index in [1.807, 2.05) is 24.3 Å². The first-order valence-corrected chi connectivity index (χ1v) is 8.68. The molecule has 0 radical (unpaired) electrons. The van der Waals surface area contributed by atoms with Crippen LogP contribution in [-0.2, 0) is 0 Å². The van der Waals surface area contributed by atoms with Crippen molar-refractivity contribution in [3.63, 3.8) is 0 Å². The minimum Gasteiger partial charge on any atom is -0.308 e. The zero-order valence-electron chi connectivity index (χ0n) is 11.6. The normalized spacial score (nSPS) is 17.5. The van der Waals surface area contributed by atoms with E-state index < -0.39 is 0 Å². The number of urea groups is 1. The average molecular weight is 381 g/mol. The Morgan fingerprint density at radius 3 is 2.55 bits per heavy atom. The molecule has 1 atom stereocenters. The van der Waals surface area contributed by atoms with Gasteiger partial charge in [-0.05, 0) is 42.0 Å². The summed E-state index contributed by atoms with van der Waals surface area (Å²) in [5.74, 6) is 0.605. The van der Waals surface area contributed by atoms with Gasteiger partial charge in [0.1, 0.15) is 11.2 Å². The second kappa shape index (κ2) is 6.71. The Morgan fingerprint density at radius 1 is 1.18 bits per heavy atom. The highest BCUT2D eigenvalue weighted by Gasteiger charge is 2.30. The molecule has 1 N–H and O–H groups in total. The third-order valence-corrected chi connectivity index (χ3v) is 5.19. The summed E-state index contributed by atoms with van der Waals surface area (Å²) in [4.78, 5) is 14.2. The highest BCUT2D eigenvalue weighted by Crippen LogP contribution is 2.38. The maximum atomic E-state index is 13.0. The van der Waals surface area contributed by atoms with Gasteiger partial charge < -0.3 is 10.2 Å². The number of amides is 2. The second-order valence-corrected chi connectivity index (χ2v) is 7.01. The van der Waals surface area contributed by atoms with Gasteiger partial charge in [-0.25, -0.2) is 9.18 Å². The molecular formula is C16H14BrFN2OS. The predicted molar refractivity (Wildman–Crippen MR) is 91.5 cm³/mol. The van der Waals surface area contributed by atoms with Crippen molar-refractivity contribution in [3.8, 4) is 0 Å². The molecule has 6 heteroatoms. The number of thioether (sulfide) groups is 1. The predicted octanol–water partition coefficient (Wildman–Crippen LogP) is 4.87. The number of nitrogens with zero attached hydrogens (tertiary/aromatic N) is 1. The molecule has 1 aliphatic heterocycles. The van der Waals surface area contributed by atoms with E-state index in [1.165, 1.54) is 12.1 Å². The van der Waals surface area contributed by atoms with E-state index in [9.17, 15) is 9.18 Å². The van der Waals surface area contributed by atoms with E-state index >= 15 is 0 Å². The lowest BCUT2D eigenvalue weighted by molar-refractivity contribution is 0.214. The maximum Gasteiger partial charge on any atom is 0.323 e. The molecule has 114 valence electrons. The lowest BCUT2D eigenvalue weighted by Gasteiger charge is -2.24. The van der Waals surface area contributed by atoms with Crippen LogP contribution in [0.2, 0.25) is 0 Å². The van der Waals surface area contributed by atoms with Crippen LogP contribution in [0.25, 0.3) is 0 Å². The van der Waals surface area contributed by atoms with Gasteiger partial charge in [0.25, 0.3) is 0 Å². The van der Waals surface area contributed by atoms with Crippen molar-refractivity contribution in [2.75, 3.05) is 17.6 Å². The Hall–Kier alpha value is -1.53. The summed E-state index contributed by atoms with van der Waals surface area (Å²) < 4.78 is 14.0. The quantitative estimate of drug-likeness (QED) is 0.805. The zero-order chi connectivity index (χ0) is 15.5. The Balaban J connectivity index is 1.73. The third kappa shape index (κ3) is 3.44. The van der Waals surface area contributed by atoms with Gasteiger partial charge in [0.05, 0.1) is 0 Å². The number of hydrogen-bond donors (Lipinski definition) is 1. The maximum absolute atomic E-state index is 13.0. The van der Waals surface area contributed by atoms with Gasteiger partial charge in [-0.2, -0.15) is 0 Å². The Bertz CT molecular complexity index is 663. The molecule has 2 aromatic rings. The summed E-state index contributed by atoms with van der Waals surface area (Å²) in [5.41, 5.74) is 1.69. The summed E-state index contributed by atoms with van der Waals surface area (Å²) in [7, 11) is 0. The molecule has 0 aliphatic carbocycles. The van der Waals surface area contributed by atoms with E-state index in [0.717, 1.165) is 21.5 Å². The SMILES string of the molecule is O=C(Nc1ccc(Br)cc1)N1CCSC1c1ccc(F)cc1. The molecule has 1 aliphatic rings. The molecule has 22 heavy (non-hydrogen) atoms. The lowest BCUT2D eigenvalue weighted by Crippen LogP contribution is -2.34. The second-order valence-electron chi connectivity index (χ2n) is 4.91. The van der Waals surface area contributed by atoms with Crippen LogP contribution in [0.4, 0.5) is 14.9 Å². The topological polar surface area (TPSA) is 32.3 Å². The Morgan fingerprint density at radius 2 is 1.86 bits per heavy atom. The summed E-state index contributed by atoms with van der Waals surface area (Å²) in [6.07, 6.45) is 0. The van der Waals surface area contributed by atoms with Crippen molar-refractivity contribution in [2.45, 2.75) is 5.37 Å². The molecule has 0 saturated carbocycles. The molecule has 0 spiro atoms. The zero-order valence-corrected chi connectivity index (χ0v) is 14.0. The molecule has 1 fully saturated rings. The molecule has 1 saturated heterocycles. The van der Waals surface area contributed by atoms with Gasteiger partial charge in [-0.15, -0.1) is 11.8 Å². The number of rotatable bonds is 2. The molecule has 2 aromatic carbocycles. The Kier molecular flexibility index (Phi) is 4.69. The molecule has 3 rings (SSSR count). The Labute approximate surface area is 141 Å². The van der Waals surface area contributed by atoms with Crippen LogP contribution in [0.1, 0.15) is 10.9 Å². The molecule has 1 unspecified atom stereocenters. The molecule has 2 amide bonds. The molecule has 0 aromatic heterocycles. The molecule has 1 heterocycles. The number of carbonyl (C=O) groups excluding carboxylic acids is 1. The monoisotopic (exact) mass is 380 g/mol. The number of halogens is 2. The average Bonchev–Trinajstić information content (AvgIpc) is 3.00. The molecular weight excluding hydrogens is 367 g/mol. The van der Waals surface area contributed by atoms with Gasteiger partial charge in [-0.3, -0.25) is 0 Å². The minimum atomic E-state index is -0.266. The fourth-order valence-electron chi connectivity index (χ4n) is 2.31. The number of carbonyl (C=O) groups is 1. The molecule has 0 bridgehead atoms. The van der Waals surface area contributed by atoms with Gasteiger partial charge in [-0.1, -0.05) is 28.1 Å². The number of hydrogen-bond acceptors (Lipinski definition) is 2. The first-order valence-electron chi connectivity index (χ1n) is 6.84. The van der Waals surface area contributed by atoms with E-state index in [0.29, 0.717) is 6.54 Å². The van der Waals surface area contributed by atoms with Gasteiger partial charge in [0.2, 0.25) is 0 Å². The highest BCUT2D eigenvalue weighted by molar-refractivity contribution is 9.10. The standard InChI is InChI=1S/C16H14BrFN2OS/c17-12-3-7-14(8-4-12)19-16(21)20-9-10-22-15(20)11-1-5-13(18)6-2-11/h1-8,15H,9-10H2,(H,19,21).